The van der Waals surface area contributed by atoms with Crippen molar-refractivity contribution >= 4 is 15.9 Å². The minimum Gasteiger partial charge on any atom is -0.373 e. The number of aromatic nitrogens is 2. The normalized spacial score (nSPS) is 20.4. The Morgan fingerprint density at radius 2 is 2.11 bits per heavy atom. The number of rotatable bonds is 5. The molecule has 0 spiro atoms. The van der Waals surface area contributed by atoms with Gasteiger partial charge in [0.25, 0.3) is 0 Å². The molecule has 0 aliphatic heterocycles. The summed E-state index contributed by atoms with van der Waals surface area (Å²) in [6, 6.07) is -0.121. The second-order valence-electron chi connectivity index (χ2n) is 5.23. The van der Waals surface area contributed by atoms with Gasteiger partial charge in [0.1, 0.15) is 0 Å². The maximum Gasteiger partial charge on any atom is 0.0889 e. The van der Waals surface area contributed by atoms with Gasteiger partial charge in [-0.05, 0) is 42.6 Å². The molecule has 0 aromatic carbocycles. The van der Waals surface area contributed by atoms with E-state index in [9.17, 15) is 0 Å². The maximum atomic E-state index is 6.60. The van der Waals surface area contributed by atoms with Gasteiger partial charge in [0.15, 0.2) is 0 Å². The summed E-state index contributed by atoms with van der Waals surface area (Å²) in [6.45, 7) is 5.68. The van der Waals surface area contributed by atoms with Crippen LogP contribution in [0.5, 0.6) is 0 Å². The third kappa shape index (κ3) is 2.88. The summed E-state index contributed by atoms with van der Waals surface area (Å²) in [5.74, 6) is 0. The van der Waals surface area contributed by atoms with E-state index in [1.165, 1.54) is 19.3 Å². The van der Waals surface area contributed by atoms with Gasteiger partial charge >= 0.3 is 0 Å². The second-order valence-corrected chi connectivity index (χ2v) is 6.08. The highest BCUT2D eigenvalue weighted by molar-refractivity contribution is 9.10. The van der Waals surface area contributed by atoms with E-state index in [-0.39, 0.29) is 11.6 Å². The first-order chi connectivity index (χ1) is 9.14. The summed E-state index contributed by atoms with van der Waals surface area (Å²) in [6.07, 6.45) is 7.61. The lowest BCUT2D eigenvalue weighted by Crippen LogP contribution is -2.46. The van der Waals surface area contributed by atoms with Crippen molar-refractivity contribution in [1.29, 1.82) is 0 Å². The zero-order valence-corrected chi connectivity index (χ0v) is 13.4. The number of hydrogen-bond donors (Lipinski definition) is 1. The monoisotopic (exact) mass is 329 g/mol. The highest BCUT2D eigenvalue weighted by atomic mass is 79.9. The van der Waals surface area contributed by atoms with Crippen LogP contribution in [-0.2, 0) is 11.3 Å². The van der Waals surface area contributed by atoms with Crippen molar-refractivity contribution in [3.05, 3.63) is 16.4 Å². The largest absolute Gasteiger partial charge is 0.373 e. The molecule has 2 N–H and O–H groups in total. The molecule has 1 aliphatic rings. The number of nitrogens with zero attached hydrogens (tertiary/aromatic N) is 2. The summed E-state index contributed by atoms with van der Waals surface area (Å²) in [7, 11) is 0. The molecule has 1 aromatic heterocycles. The first kappa shape index (κ1) is 15.0. The molecule has 1 fully saturated rings. The third-order valence-electron chi connectivity index (χ3n) is 4.13. The molecule has 1 heterocycles. The lowest BCUT2D eigenvalue weighted by Gasteiger charge is -2.41. The molecule has 4 nitrogen and oxygen atoms in total. The van der Waals surface area contributed by atoms with Crippen LogP contribution in [0.2, 0.25) is 0 Å². The highest BCUT2D eigenvalue weighted by Gasteiger charge is 2.41. The minimum atomic E-state index is -0.220. The average Bonchev–Trinajstić information content (AvgIpc) is 2.80. The third-order valence-corrected chi connectivity index (χ3v) is 4.74. The van der Waals surface area contributed by atoms with E-state index < -0.39 is 0 Å². The van der Waals surface area contributed by atoms with Crippen LogP contribution in [0.3, 0.4) is 0 Å². The zero-order chi connectivity index (χ0) is 13.9. The standard InChI is InChI=1S/C14H24BrN3O/c1-3-18-12(11(15)10-17-18)13(16)14(19-4-2)8-6-5-7-9-14/h10,13H,3-9,16H2,1-2H3. The van der Waals surface area contributed by atoms with E-state index in [4.69, 9.17) is 10.5 Å². The highest BCUT2D eigenvalue weighted by Crippen LogP contribution is 2.41. The van der Waals surface area contributed by atoms with Crippen LogP contribution in [0.25, 0.3) is 0 Å². The summed E-state index contributed by atoms with van der Waals surface area (Å²) >= 11 is 3.58. The van der Waals surface area contributed by atoms with Crippen LogP contribution in [-0.4, -0.2) is 22.0 Å². The number of halogens is 1. The second kappa shape index (κ2) is 6.37. The molecule has 0 saturated heterocycles. The van der Waals surface area contributed by atoms with Crippen molar-refractivity contribution in [2.45, 2.75) is 64.1 Å². The summed E-state index contributed by atoms with van der Waals surface area (Å²) in [4.78, 5) is 0. The molecule has 0 bridgehead atoms. The fourth-order valence-electron chi connectivity index (χ4n) is 3.17. The van der Waals surface area contributed by atoms with E-state index in [1.54, 1.807) is 0 Å². The summed E-state index contributed by atoms with van der Waals surface area (Å²) in [5, 5.41) is 4.38. The average molecular weight is 330 g/mol. The number of hydrogen-bond acceptors (Lipinski definition) is 3. The molecule has 0 amide bonds. The van der Waals surface area contributed by atoms with Crippen LogP contribution in [0.15, 0.2) is 10.7 Å². The number of nitrogens with two attached hydrogens (primary N) is 1. The van der Waals surface area contributed by atoms with Gasteiger partial charge in [-0.15, -0.1) is 0 Å². The first-order valence-electron chi connectivity index (χ1n) is 7.25. The lowest BCUT2D eigenvalue weighted by molar-refractivity contribution is -0.0847. The smallest absolute Gasteiger partial charge is 0.0889 e. The Kier molecular flexibility index (Phi) is 5.03. The predicted molar refractivity (Wildman–Crippen MR) is 80.0 cm³/mol. The van der Waals surface area contributed by atoms with Crippen molar-refractivity contribution in [3.63, 3.8) is 0 Å². The Labute approximate surface area is 123 Å². The van der Waals surface area contributed by atoms with Gasteiger partial charge in [-0.2, -0.15) is 5.10 Å². The Hall–Kier alpha value is -0.390. The van der Waals surface area contributed by atoms with E-state index in [1.807, 2.05) is 10.9 Å². The predicted octanol–water partition coefficient (Wildman–Crippen LogP) is 3.40. The van der Waals surface area contributed by atoms with Gasteiger partial charge in [-0.1, -0.05) is 19.3 Å². The molecule has 1 saturated carbocycles. The SMILES string of the molecule is CCOC1(C(N)c2c(Br)cnn2CC)CCCCC1. The van der Waals surface area contributed by atoms with Crippen LogP contribution >= 0.6 is 15.9 Å². The number of ether oxygens (including phenoxy) is 1. The lowest BCUT2D eigenvalue weighted by atomic mass is 9.78. The Morgan fingerprint density at radius 1 is 1.42 bits per heavy atom. The van der Waals surface area contributed by atoms with Gasteiger partial charge in [0, 0.05) is 13.2 Å². The van der Waals surface area contributed by atoms with Crippen molar-refractivity contribution in [2.24, 2.45) is 5.73 Å². The molecule has 108 valence electrons. The maximum absolute atomic E-state index is 6.60. The molecular weight excluding hydrogens is 306 g/mol. The van der Waals surface area contributed by atoms with Crippen molar-refractivity contribution in [1.82, 2.24) is 9.78 Å². The fraction of sp³-hybridized carbons (Fsp3) is 0.786. The van der Waals surface area contributed by atoms with E-state index in [0.29, 0.717) is 6.61 Å². The van der Waals surface area contributed by atoms with Crippen LogP contribution in [0.1, 0.15) is 57.7 Å². The Morgan fingerprint density at radius 3 is 2.68 bits per heavy atom. The van der Waals surface area contributed by atoms with Gasteiger partial charge in [0.2, 0.25) is 0 Å². The Bertz CT molecular complexity index is 407. The molecule has 19 heavy (non-hydrogen) atoms. The van der Waals surface area contributed by atoms with Crippen molar-refractivity contribution in [2.75, 3.05) is 6.61 Å². The molecule has 0 radical (unpaired) electrons. The Balaban J connectivity index is 2.32. The minimum absolute atomic E-state index is 0.121. The van der Waals surface area contributed by atoms with Gasteiger partial charge in [-0.3, -0.25) is 4.68 Å². The first-order valence-corrected chi connectivity index (χ1v) is 8.04. The van der Waals surface area contributed by atoms with Crippen molar-refractivity contribution < 1.29 is 4.74 Å². The van der Waals surface area contributed by atoms with E-state index >= 15 is 0 Å². The zero-order valence-electron chi connectivity index (χ0n) is 11.9. The quantitative estimate of drug-likeness (QED) is 0.900. The summed E-state index contributed by atoms with van der Waals surface area (Å²) in [5.41, 5.74) is 7.44. The van der Waals surface area contributed by atoms with Crippen molar-refractivity contribution in [3.8, 4) is 0 Å². The number of aryl methyl sites for hydroxylation is 1. The van der Waals surface area contributed by atoms with Gasteiger partial charge in [-0.25, -0.2) is 0 Å². The molecule has 1 atom stereocenters. The van der Waals surface area contributed by atoms with Crippen LogP contribution in [0.4, 0.5) is 0 Å². The molecule has 2 rings (SSSR count). The summed E-state index contributed by atoms with van der Waals surface area (Å²) < 4.78 is 9.09. The van der Waals surface area contributed by atoms with E-state index in [0.717, 1.165) is 29.6 Å². The van der Waals surface area contributed by atoms with E-state index in [2.05, 4.69) is 34.9 Å². The van der Waals surface area contributed by atoms with Crippen LogP contribution in [0, 0.1) is 0 Å². The molecular formula is C14H24BrN3O. The van der Waals surface area contributed by atoms with Gasteiger partial charge in [0.05, 0.1) is 28.0 Å². The molecule has 5 heteroatoms. The van der Waals surface area contributed by atoms with Crippen LogP contribution < -0.4 is 5.73 Å². The molecule has 1 unspecified atom stereocenters. The topological polar surface area (TPSA) is 53.1 Å². The fourth-order valence-corrected chi connectivity index (χ4v) is 3.71. The van der Waals surface area contributed by atoms with Gasteiger partial charge < -0.3 is 10.5 Å². The molecule has 1 aromatic rings. The molecule has 1 aliphatic carbocycles.